The predicted octanol–water partition coefficient (Wildman–Crippen LogP) is 16.1. The Hall–Kier alpha value is -7.94. The number of fused-ring (bicyclic) bond motifs is 4. The molecule has 2 nitrogen and oxygen atoms in total. The van der Waals surface area contributed by atoms with Crippen LogP contribution in [0.4, 0.5) is 17.1 Å². The summed E-state index contributed by atoms with van der Waals surface area (Å²) in [5, 5.41) is 4.98. The molecule has 11 aromatic rings. The van der Waals surface area contributed by atoms with Gasteiger partial charge >= 0.3 is 0 Å². The van der Waals surface area contributed by atoms with E-state index in [1.165, 1.54) is 82.8 Å². The molecule has 60 heavy (non-hydrogen) atoms. The van der Waals surface area contributed by atoms with Crippen LogP contribution in [0.25, 0.3) is 82.8 Å². The lowest BCUT2D eigenvalue weighted by atomic mass is 10.00. The van der Waals surface area contributed by atoms with E-state index in [2.05, 4.69) is 252 Å². The molecule has 0 spiro atoms. The molecule has 1 aromatic heterocycles. The molecule has 0 unspecified atom stereocenters. The van der Waals surface area contributed by atoms with Gasteiger partial charge in [0.1, 0.15) is 0 Å². The van der Waals surface area contributed by atoms with Crippen molar-refractivity contribution in [3.8, 4) is 50.2 Å². The normalized spacial score (nSPS) is 11.3. The highest BCUT2D eigenvalue weighted by Gasteiger charge is 2.16. The van der Waals surface area contributed by atoms with E-state index in [1.54, 1.807) is 0 Å². The second-order valence-electron chi connectivity index (χ2n) is 15.4. The zero-order valence-corrected chi connectivity index (χ0v) is 33.0. The van der Waals surface area contributed by atoms with E-state index in [4.69, 9.17) is 0 Å². The average Bonchev–Trinajstić information content (AvgIpc) is 3.66. The van der Waals surface area contributed by atoms with Crippen molar-refractivity contribution in [1.82, 2.24) is 4.57 Å². The number of aromatic nitrogens is 1. The van der Waals surface area contributed by atoms with Crippen LogP contribution in [-0.4, -0.2) is 4.57 Å². The quantitative estimate of drug-likeness (QED) is 0.150. The monoisotopic (exact) mass is 764 g/mol. The van der Waals surface area contributed by atoms with Gasteiger partial charge in [0, 0.05) is 33.5 Å². The van der Waals surface area contributed by atoms with Crippen molar-refractivity contribution in [3.05, 3.63) is 243 Å². The third-order valence-corrected chi connectivity index (χ3v) is 11.8. The fourth-order valence-corrected chi connectivity index (χ4v) is 8.72. The van der Waals surface area contributed by atoms with E-state index < -0.39 is 0 Å². The maximum absolute atomic E-state index is 2.40. The van der Waals surface area contributed by atoms with Gasteiger partial charge in [-0.15, -0.1) is 0 Å². The van der Waals surface area contributed by atoms with E-state index in [0.29, 0.717) is 0 Å². The van der Waals surface area contributed by atoms with Crippen LogP contribution < -0.4 is 4.90 Å². The Kier molecular flexibility index (Phi) is 8.87. The summed E-state index contributed by atoms with van der Waals surface area (Å²) < 4.78 is 2.40. The smallest absolute Gasteiger partial charge is 0.0541 e. The van der Waals surface area contributed by atoms with Gasteiger partial charge in [0.05, 0.1) is 11.0 Å². The summed E-state index contributed by atoms with van der Waals surface area (Å²) in [5.74, 6) is 0. The van der Waals surface area contributed by atoms with Gasteiger partial charge in [-0.2, -0.15) is 0 Å². The van der Waals surface area contributed by atoms with E-state index in [9.17, 15) is 0 Å². The molecule has 0 atom stereocenters. The van der Waals surface area contributed by atoms with Gasteiger partial charge in [-0.05, 0) is 122 Å². The molecule has 2 heteroatoms. The second-order valence-corrected chi connectivity index (χ2v) is 15.4. The fourth-order valence-electron chi connectivity index (χ4n) is 8.72. The summed E-state index contributed by atoms with van der Waals surface area (Å²) in [7, 11) is 0. The van der Waals surface area contributed by atoms with Gasteiger partial charge in [0.15, 0.2) is 0 Å². The van der Waals surface area contributed by atoms with Gasteiger partial charge in [0.25, 0.3) is 0 Å². The lowest BCUT2D eigenvalue weighted by Gasteiger charge is -2.26. The number of rotatable bonds is 8. The van der Waals surface area contributed by atoms with Crippen molar-refractivity contribution in [2.24, 2.45) is 0 Å². The first-order valence-corrected chi connectivity index (χ1v) is 20.6. The molecule has 0 aliphatic carbocycles. The SMILES string of the molecule is c1ccc(-c2ccc(-c3ccc(N(c4ccc(-c5ccccc5)cc4)c4ccc(-c5ccc6c(c5)c5ccccc5n6-c5ccc6ccccc6c5)cc4)cc3)cc2)cc1. The highest BCUT2D eigenvalue weighted by Crippen LogP contribution is 2.40. The Morgan fingerprint density at radius 3 is 1.20 bits per heavy atom. The minimum atomic E-state index is 1.10. The number of nitrogens with zero attached hydrogens (tertiary/aromatic N) is 2. The lowest BCUT2D eigenvalue weighted by Crippen LogP contribution is -2.09. The molecule has 0 aliphatic rings. The van der Waals surface area contributed by atoms with Crippen molar-refractivity contribution < 1.29 is 0 Å². The molecule has 11 rings (SSSR count). The van der Waals surface area contributed by atoms with Crippen LogP contribution >= 0.6 is 0 Å². The van der Waals surface area contributed by atoms with Gasteiger partial charge < -0.3 is 9.47 Å². The van der Waals surface area contributed by atoms with Crippen LogP contribution in [0.1, 0.15) is 0 Å². The highest BCUT2D eigenvalue weighted by molar-refractivity contribution is 6.10. The van der Waals surface area contributed by atoms with Crippen LogP contribution in [0.5, 0.6) is 0 Å². The van der Waals surface area contributed by atoms with Gasteiger partial charge in [0.2, 0.25) is 0 Å². The van der Waals surface area contributed by atoms with Crippen LogP contribution in [0.3, 0.4) is 0 Å². The highest BCUT2D eigenvalue weighted by atomic mass is 15.1. The largest absolute Gasteiger partial charge is 0.311 e. The zero-order chi connectivity index (χ0) is 39.8. The Bertz CT molecular complexity index is 3250. The summed E-state index contributed by atoms with van der Waals surface area (Å²) in [4.78, 5) is 2.35. The van der Waals surface area contributed by atoms with Crippen molar-refractivity contribution in [2.75, 3.05) is 4.90 Å². The third-order valence-electron chi connectivity index (χ3n) is 11.8. The molecule has 10 aromatic carbocycles. The number of hydrogen-bond donors (Lipinski definition) is 0. The topological polar surface area (TPSA) is 8.17 Å². The average molecular weight is 765 g/mol. The second kappa shape index (κ2) is 15.1. The molecule has 0 N–H and O–H groups in total. The molecule has 0 bridgehead atoms. The number of para-hydroxylation sites is 1. The van der Waals surface area contributed by atoms with E-state index in [0.717, 1.165) is 17.1 Å². The molecular formula is C58H40N2. The van der Waals surface area contributed by atoms with Gasteiger partial charge in [-0.1, -0.05) is 176 Å². The minimum absolute atomic E-state index is 1.10. The molecule has 282 valence electrons. The Balaban J connectivity index is 0.946. The lowest BCUT2D eigenvalue weighted by molar-refractivity contribution is 1.19. The molecule has 0 aliphatic heterocycles. The summed E-state index contributed by atoms with van der Waals surface area (Å²) in [6.45, 7) is 0. The summed E-state index contributed by atoms with van der Waals surface area (Å²) in [6, 6.07) is 87.8. The first kappa shape index (κ1) is 35.2. The summed E-state index contributed by atoms with van der Waals surface area (Å²) in [6.07, 6.45) is 0. The predicted molar refractivity (Wildman–Crippen MR) is 255 cm³/mol. The van der Waals surface area contributed by atoms with E-state index in [-0.39, 0.29) is 0 Å². The summed E-state index contributed by atoms with van der Waals surface area (Å²) in [5.41, 5.74) is 16.5. The van der Waals surface area contributed by atoms with Crippen LogP contribution in [0, 0.1) is 0 Å². The standard InChI is InChI=1S/C58H40N2/c1-3-11-41(12-4-1)44-19-21-45(22-20-44)47-25-33-52(34-26-47)59(51-31-23-46(24-32-51)42-13-5-2-6-14-42)53-35-27-48(28-36-53)50-30-38-58-56(40-50)55-17-9-10-18-57(55)60(58)54-37-29-43-15-7-8-16-49(43)39-54/h1-40H. The third kappa shape index (κ3) is 6.51. The Morgan fingerprint density at radius 2 is 0.650 bits per heavy atom. The van der Waals surface area contributed by atoms with Gasteiger partial charge in [-0.3, -0.25) is 0 Å². The number of anilines is 3. The van der Waals surface area contributed by atoms with Crippen molar-refractivity contribution >= 4 is 49.6 Å². The van der Waals surface area contributed by atoms with E-state index in [1.807, 2.05) is 0 Å². The molecular weight excluding hydrogens is 725 g/mol. The Morgan fingerprint density at radius 1 is 0.250 bits per heavy atom. The first-order chi connectivity index (χ1) is 29.7. The molecule has 0 radical (unpaired) electrons. The Labute approximate surface area is 350 Å². The molecule has 0 saturated carbocycles. The van der Waals surface area contributed by atoms with Crippen LogP contribution in [0.2, 0.25) is 0 Å². The van der Waals surface area contributed by atoms with Crippen molar-refractivity contribution in [1.29, 1.82) is 0 Å². The van der Waals surface area contributed by atoms with Gasteiger partial charge in [-0.25, -0.2) is 0 Å². The van der Waals surface area contributed by atoms with E-state index >= 15 is 0 Å². The first-order valence-electron chi connectivity index (χ1n) is 20.6. The van der Waals surface area contributed by atoms with Crippen LogP contribution in [0.15, 0.2) is 243 Å². The van der Waals surface area contributed by atoms with Crippen molar-refractivity contribution in [3.63, 3.8) is 0 Å². The number of benzene rings is 10. The maximum atomic E-state index is 2.40. The minimum Gasteiger partial charge on any atom is -0.311 e. The molecule has 1 heterocycles. The maximum Gasteiger partial charge on any atom is 0.0541 e. The van der Waals surface area contributed by atoms with Crippen molar-refractivity contribution in [2.45, 2.75) is 0 Å². The molecule has 0 fully saturated rings. The van der Waals surface area contributed by atoms with Crippen LogP contribution in [-0.2, 0) is 0 Å². The number of hydrogen-bond acceptors (Lipinski definition) is 1. The zero-order valence-electron chi connectivity index (χ0n) is 33.0. The molecule has 0 saturated heterocycles. The molecule has 0 amide bonds. The fraction of sp³-hybridized carbons (Fsp3) is 0. The summed E-state index contributed by atoms with van der Waals surface area (Å²) >= 11 is 0.